The summed E-state index contributed by atoms with van der Waals surface area (Å²) in [5, 5.41) is 0.656. The van der Waals surface area contributed by atoms with E-state index >= 15 is 0 Å². The van der Waals surface area contributed by atoms with Gasteiger partial charge in [0.05, 0.1) is 11.7 Å². The number of ether oxygens (including phenoxy) is 1. The number of carbonyl (C=O) groups excluding carboxylic acids is 2. The van der Waals surface area contributed by atoms with Crippen LogP contribution in [0.5, 0.6) is 0 Å². The zero-order valence-corrected chi connectivity index (χ0v) is 17.7. The lowest BCUT2D eigenvalue weighted by molar-refractivity contribution is -0.117. The molecule has 1 aromatic carbocycles. The second kappa shape index (κ2) is 7.50. The second-order valence-corrected chi connectivity index (χ2v) is 8.18. The van der Waals surface area contributed by atoms with E-state index in [0.29, 0.717) is 41.1 Å². The summed E-state index contributed by atoms with van der Waals surface area (Å²) in [6.07, 6.45) is 0. The molecule has 31 heavy (non-hydrogen) atoms. The smallest absolute Gasteiger partial charge is 0.256 e. The third-order valence-corrected chi connectivity index (χ3v) is 6.29. The number of hydrogen-bond acceptors (Lipinski definition) is 7. The lowest BCUT2D eigenvalue weighted by Crippen LogP contribution is -2.42. The van der Waals surface area contributed by atoms with Crippen LogP contribution in [0.4, 0.5) is 10.2 Å². The largest absolute Gasteiger partial charge is 0.351 e. The van der Waals surface area contributed by atoms with Crippen LogP contribution in [0.25, 0.3) is 10.8 Å². The molecule has 0 radical (unpaired) electrons. The fraction of sp³-hybridized carbons (Fsp3) is 0.350. The highest BCUT2D eigenvalue weighted by Crippen LogP contribution is 2.39. The number of carbonyl (C=O) groups is 2. The maximum atomic E-state index is 13.3. The van der Waals surface area contributed by atoms with Crippen molar-refractivity contribution in [2.24, 2.45) is 0 Å². The number of benzene rings is 1. The summed E-state index contributed by atoms with van der Waals surface area (Å²) in [6.45, 7) is 4.73. The average Bonchev–Trinajstić information content (AvgIpc) is 3.46. The number of imidazole rings is 1. The first-order valence-electron chi connectivity index (χ1n) is 9.80. The number of aryl methyl sites for hydroxylation is 1. The van der Waals surface area contributed by atoms with Gasteiger partial charge in [0.15, 0.2) is 16.6 Å². The molecule has 2 aromatic heterocycles. The van der Waals surface area contributed by atoms with Gasteiger partial charge in [-0.15, -0.1) is 0 Å². The van der Waals surface area contributed by atoms with Crippen molar-refractivity contribution in [1.29, 1.82) is 0 Å². The molecule has 0 saturated carbocycles. The zero-order valence-electron chi connectivity index (χ0n) is 16.9. The van der Waals surface area contributed by atoms with Crippen LogP contribution in [-0.4, -0.2) is 55.5 Å². The molecular weight excluding hydrogens is 423 g/mol. The van der Waals surface area contributed by atoms with E-state index in [1.807, 2.05) is 18.4 Å². The molecule has 11 heteroatoms. The van der Waals surface area contributed by atoms with Gasteiger partial charge in [-0.2, -0.15) is 4.37 Å². The maximum absolute atomic E-state index is 13.3. The molecule has 2 aliphatic rings. The lowest BCUT2D eigenvalue weighted by Gasteiger charge is -2.36. The van der Waals surface area contributed by atoms with Crippen LogP contribution in [0.1, 0.15) is 34.8 Å². The number of hydrogen-bond donors (Lipinski definition) is 0. The number of anilines is 1. The Kier molecular flexibility index (Phi) is 4.78. The number of nitrogens with zero attached hydrogens (tertiary/aromatic N) is 6. The molecule has 3 aromatic rings. The van der Waals surface area contributed by atoms with Crippen LogP contribution >= 0.6 is 11.5 Å². The first-order chi connectivity index (χ1) is 14.9. The molecule has 0 N–H and O–H groups in total. The first-order valence-corrected chi connectivity index (χ1v) is 10.6. The van der Waals surface area contributed by atoms with Crippen molar-refractivity contribution in [3.63, 3.8) is 0 Å². The molecule has 5 rings (SSSR count). The summed E-state index contributed by atoms with van der Waals surface area (Å²) < 4.78 is 24.9. The van der Waals surface area contributed by atoms with Gasteiger partial charge in [-0.25, -0.2) is 14.4 Å². The minimum atomic E-state index is -0.395. The molecule has 2 amide bonds. The highest BCUT2D eigenvalue weighted by Gasteiger charge is 2.38. The normalized spacial score (nSPS) is 18.5. The third-order valence-electron chi connectivity index (χ3n) is 5.49. The van der Waals surface area contributed by atoms with E-state index in [9.17, 15) is 14.0 Å². The second-order valence-electron chi connectivity index (χ2n) is 7.42. The Morgan fingerprint density at radius 2 is 2.00 bits per heavy atom. The van der Waals surface area contributed by atoms with Gasteiger partial charge in [-0.1, -0.05) is 0 Å². The molecule has 0 aliphatic carbocycles. The van der Waals surface area contributed by atoms with Crippen LogP contribution in [0.3, 0.4) is 0 Å². The fourth-order valence-electron chi connectivity index (χ4n) is 3.98. The van der Waals surface area contributed by atoms with Crippen molar-refractivity contribution >= 4 is 29.2 Å². The molecule has 0 bridgehead atoms. The average molecular weight is 442 g/mol. The Hall–Kier alpha value is -3.18. The van der Waals surface area contributed by atoms with E-state index in [-0.39, 0.29) is 31.2 Å². The third kappa shape index (κ3) is 3.29. The van der Waals surface area contributed by atoms with E-state index in [4.69, 9.17) is 9.72 Å². The molecule has 9 nitrogen and oxygen atoms in total. The zero-order chi connectivity index (χ0) is 21.7. The van der Waals surface area contributed by atoms with E-state index in [0.717, 1.165) is 5.69 Å². The van der Waals surface area contributed by atoms with Gasteiger partial charge in [0.25, 0.3) is 11.8 Å². The fourth-order valence-corrected chi connectivity index (χ4v) is 4.65. The van der Waals surface area contributed by atoms with Gasteiger partial charge in [0, 0.05) is 18.7 Å². The van der Waals surface area contributed by atoms with Crippen LogP contribution in [-0.2, 0) is 16.1 Å². The molecule has 160 valence electrons. The summed E-state index contributed by atoms with van der Waals surface area (Å²) in [5.41, 5.74) is 1.15. The monoisotopic (exact) mass is 442 g/mol. The van der Waals surface area contributed by atoms with Crippen LogP contribution in [0.2, 0.25) is 0 Å². The van der Waals surface area contributed by atoms with Crippen LogP contribution < -0.4 is 4.90 Å². The van der Waals surface area contributed by atoms with Crippen molar-refractivity contribution in [2.45, 2.75) is 26.4 Å². The standard InChI is InChI=1S/C20H19FN6O3S/c1-11-16-17(27-10-30-9-15(27)28)23-18(19-22-12(2)24-31-19)26(16)8-7-25(11)20(29)13-3-5-14(21)6-4-13/h3-6,11H,7-10H2,1-2H3. The molecular formula is C20H19FN6O3S. The van der Waals surface area contributed by atoms with E-state index in [1.165, 1.54) is 40.7 Å². The summed E-state index contributed by atoms with van der Waals surface area (Å²) in [4.78, 5) is 38.0. The van der Waals surface area contributed by atoms with Crippen molar-refractivity contribution in [3.8, 4) is 10.8 Å². The van der Waals surface area contributed by atoms with Gasteiger partial charge in [-0.3, -0.25) is 14.5 Å². The molecule has 4 heterocycles. The summed E-state index contributed by atoms with van der Waals surface area (Å²) >= 11 is 1.24. The Labute approximate surface area is 181 Å². The van der Waals surface area contributed by atoms with E-state index in [2.05, 4.69) is 9.36 Å². The predicted octanol–water partition coefficient (Wildman–Crippen LogP) is 2.39. The summed E-state index contributed by atoms with van der Waals surface area (Å²) in [7, 11) is 0. The van der Waals surface area contributed by atoms with Crippen molar-refractivity contribution in [2.75, 3.05) is 24.8 Å². The number of rotatable bonds is 3. The first kappa shape index (κ1) is 19.8. The Morgan fingerprint density at radius 1 is 1.23 bits per heavy atom. The Balaban J connectivity index is 1.58. The molecule has 1 fully saturated rings. The van der Waals surface area contributed by atoms with Gasteiger partial charge in [-0.05, 0) is 49.6 Å². The number of aromatic nitrogens is 4. The SMILES string of the molecule is Cc1nsc(-c2nc(N3COCC3=O)c3n2CCN(C(=O)c2ccc(F)cc2)C3C)n1. The quantitative estimate of drug-likeness (QED) is 0.618. The summed E-state index contributed by atoms with van der Waals surface area (Å²) in [6, 6.07) is 5.13. The lowest BCUT2D eigenvalue weighted by atomic mass is 10.1. The van der Waals surface area contributed by atoms with Gasteiger partial charge in [0.1, 0.15) is 25.0 Å². The number of fused-ring (bicyclic) bond motifs is 1. The van der Waals surface area contributed by atoms with Crippen molar-refractivity contribution in [3.05, 3.63) is 47.2 Å². The molecule has 1 saturated heterocycles. The highest BCUT2D eigenvalue weighted by atomic mass is 32.1. The van der Waals surface area contributed by atoms with Gasteiger partial charge >= 0.3 is 0 Å². The number of amides is 2. The predicted molar refractivity (Wildman–Crippen MR) is 110 cm³/mol. The Bertz CT molecular complexity index is 1170. The topological polar surface area (TPSA) is 93.5 Å². The van der Waals surface area contributed by atoms with Crippen molar-refractivity contribution in [1.82, 2.24) is 23.8 Å². The molecule has 2 aliphatic heterocycles. The minimum absolute atomic E-state index is 0.00778. The van der Waals surface area contributed by atoms with Crippen LogP contribution in [0.15, 0.2) is 24.3 Å². The van der Waals surface area contributed by atoms with Crippen LogP contribution in [0, 0.1) is 12.7 Å². The number of halogens is 1. The van der Waals surface area contributed by atoms with E-state index in [1.54, 1.807) is 4.90 Å². The Morgan fingerprint density at radius 3 is 2.65 bits per heavy atom. The molecule has 1 unspecified atom stereocenters. The van der Waals surface area contributed by atoms with Gasteiger partial charge in [0.2, 0.25) is 0 Å². The highest BCUT2D eigenvalue weighted by molar-refractivity contribution is 7.09. The maximum Gasteiger partial charge on any atom is 0.256 e. The molecule has 1 atom stereocenters. The summed E-state index contributed by atoms with van der Waals surface area (Å²) in [5.74, 6) is 0.952. The van der Waals surface area contributed by atoms with Crippen molar-refractivity contribution < 1.29 is 18.7 Å². The van der Waals surface area contributed by atoms with Gasteiger partial charge < -0.3 is 14.2 Å². The molecule has 0 spiro atoms. The van der Waals surface area contributed by atoms with E-state index < -0.39 is 5.82 Å². The minimum Gasteiger partial charge on any atom is -0.351 e.